The van der Waals surface area contributed by atoms with Crippen LogP contribution in [0, 0.1) is 5.92 Å². The number of amides is 1. The van der Waals surface area contributed by atoms with Gasteiger partial charge in [-0.3, -0.25) is 4.79 Å². The van der Waals surface area contributed by atoms with Crippen molar-refractivity contribution in [1.29, 1.82) is 0 Å². The molecule has 0 bridgehead atoms. The molecule has 5 nitrogen and oxygen atoms in total. The summed E-state index contributed by atoms with van der Waals surface area (Å²) >= 11 is 0. The molecule has 0 aromatic carbocycles. The number of rotatable bonds is 6. The van der Waals surface area contributed by atoms with E-state index in [0.717, 1.165) is 6.42 Å². The highest BCUT2D eigenvalue weighted by atomic mass is 16.5. The van der Waals surface area contributed by atoms with E-state index in [0.29, 0.717) is 19.6 Å². The second kappa shape index (κ2) is 6.33. The van der Waals surface area contributed by atoms with E-state index < -0.39 is 5.60 Å². The van der Waals surface area contributed by atoms with E-state index in [2.05, 4.69) is 5.32 Å². The number of hydrogen-bond acceptors (Lipinski definition) is 4. The van der Waals surface area contributed by atoms with Crippen molar-refractivity contribution in [3.05, 3.63) is 0 Å². The first-order chi connectivity index (χ1) is 7.96. The van der Waals surface area contributed by atoms with E-state index in [9.17, 15) is 9.90 Å². The minimum absolute atomic E-state index is 0.0288. The molecule has 3 unspecified atom stereocenters. The fraction of sp³-hybridized carbons (Fsp3) is 0.917. The van der Waals surface area contributed by atoms with Gasteiger partial charge in [0.25, 0.3) is 0 Å². The summed E-state index contributed by atoms with van der Waals surface area (Å²) < 4.78 is 10.2. The molecule has 1 rings (SSSR count). The molecule has 1 aliphatic heterocycles. The summed E-state index contributed by atoms with van der Waals surface area (Å²) in [6, 6.07) is 0. The quantitative estimate of drug-likeness (QED) is 0.707. The van der Waals surface area contributed by atoms with Crippen LogP contribution >= 0.6 is 0 Å². The van der Waals surface area contributed by atoms with Gasteiger partial charge in [-0.05, 0) is 20.3 Å². The second-order valence-electron chi connectivity index (χ2n) is 4.93. The maximum absolute atomic E-state index is 11.8. The summed E-state index contributed by atoms with van der Waals surface area (Å²) in [6.45, 7) is 4.96. The Morgan fingerprint density at radius 3 is 2.88 bits per heavy atom. The Morgan fingerprint density at radius 2 is 2.35 bits per heavy atom. The largest absolute Gasteiger partial charge is 0.388 e. The third kappa shape index (κ3) is 4.61. The molecule has 0 aromatic heterocycles. The molecule has 1 fully saturated rings. The number of carbonyl (C=O) groups is 1. The fourth-order valence-corrected chi connectivity index (χ4v) is 1.89. The van der Waals surface area contributed by atoms with Crippen LogP contribution in [0.4, 0.5) is 0 Å². The molecular weight excluding hydrogens is 222 g/mol. The van der Waals surface area contributed by atoms with Crippen molar-refractivity contribution in [1.82, 2.24) is 5.32 Å². The molecule has 0 saturated carbocycles. The predicted octanol–water partition coefficient (Wildman–Crippen LogP) is 0.315. The van der Waals surface area contributed by atoms with Crippen LogP contribution in [0.15, 0.2) is 0 Å². The zero-order valence-corrected chi connectivity index (χ0v) is 10.9. The molecular formula is C12H23NO4. The van der Waals surface area contributed by atoms with Gasteiger partial charge >= 0.3 is 0 Å². The van der Waals surface area contributed by atoms with E-state index in [1.165, 1.54) is 0 Å². The number of nitrogens with one attached hydrogen (secondary N) is 1. The number of aliphatic hydroxyl groups is 1. The standard InChI is InChI=1S/C12H23NO4/c1-9-10(4-6-17-9)11(14)13-8-12(2,15)5-7-16-3/h9-10,15H,4-8H2,1-3H3,(H,13,14). The van der Waals surface area contributed by atoms with Crippen LogP contribution in [-0.4, -0.2) is 49.6 Å². The van der Waals surface area contributed by atoms with Crippen LogP contribution in [0.25, 0.3) is 0 Å². The Labute approximate surface area is 102 Å². The highest BCUT2D eigenvalue weighted by Crippen LogP contribution is 2.20. The van der Waals surface area contributed by atoms with Crippen molar-refractivity contribution in [3.8, 4) is 0 Å². The molecule has 3 atom stereocenters. The van der Waals surface area contributed by atoms with Gasteiger partial charge in [-0.1, -0.05) is 0 Å². The Balaban J connectivity index is 2.31. The SMILES string of the molecule is COCCC(C)(O)CNC(=O)C1CCOC1C. The molecule has 0 aromatic rings. The van der Waals surface area contributed by atoms with Gasteiger partial charge < -0.3 is 19.9 Å². The van der Waals surface area contributed by atoms with E-state index in [1.54, 1.807) is 14.0 Å². The summed E-state index contributed by atoms with van der Waals surface area (Å²) in [6.07, 6.45) is 1.23. The third-order valence-electron chi connectivity index (χ3n) is 3.20. The van der Waals surface area contributed by atoms with E-state index >= 15 is 0 Å². The minimum atomic E-state index is -0.922. The molecule has 0 radical (unpaired) electrons. The van der Waals surface area contributed by atoms with Crippen molar-refractivity contribution >= 4 is 5.91 Å². The summed E-state index contributed by atoms with van der Waals surface area (Å²) in [5.74, 6) is -0.124. The Hall–Kier alpha value is -0.650. The average Bonchev–Trinajstić information content (AvgIpc) is 2.70. The zero-order valence-electron chi connectivity index (χ0n) is 10.9. The fourth-order valence-electron chi connectivity index (χ4n) is 1.89. The van der Waals surface area contributed by atoms with Crippen LogP contribution < -0.4 is 5.32 Å². The molecule has 5 heteroatoms. The molecule has 100 valence electrons. The van der Waals surface area contributed by atoms with Gasteiger partial charge in [0.1, 0.15) is 0 Å². The van der Waals surface area contributed by atoms with E-state index in [4.69, 9.17) is 9.47 Å². The lowest BCUT2D eigenvalue weighted by Crippen LogP contribution is -2.44. The summed E-state index contributed by atoms with van der Waals surface area (Å²) in [5.41, 5.74) is -0.922. The van der Waals surface area contributed by atoms with Crippen LogP contribution in [0.2, 0.25) is 0 Å². The summed E-state index contributed by atoms with van der Waals surface area (Å²) in [4.78, 5) is 11.8. The average molecular weight is 245 g/mol. The lowest BCUT2D eigenvalue weighted by Gasteiger charge is -2.24. The number of carbonyl (C=O) groups excluding carboxylic acids is 1. The first-order valence-electron chi connectivity index (χ1n) is 6.07. The minimum Gasteiger partial charge on any atom is -0.388 e. The third-order valence-corrected chi connectivity index (χ3v) is 3.20. The van der Waals surface area contributed by atoms with Crippen molar-refractivity contribution in [2.45, 2.75) is 38.4 Å². The second-order valence-corrected chi connectivity index (χ2v) is 4.93. The predicted molar refractivity (Wildman–Crippen MR) is 63.6 cm³/mol. The monoisotopic (exact) mass is 245 g/mol. The van der Waals surface area contributed by atoms with E-state index in [1.807, 2.05) is 6.92 Å². The summed E-state index contributed by atoms with van der Waals surface area (Å²) in [7, 11) is 1.59. The number of ether oxygens (including phenoxy) is 2. The Kier molecular flexibility index (Phi) is 5.36. The van der Waals surface area contributed by atoms with Crippen LogP contribution in [0.1, 0.15) is 26.7 Å². The molecule has 17 heavy (non-hydrogen) atoms. The highest BCUT2D eigenvalue weighted by molar-refractivity contribution is 5.79. The van der Waals surface area contributed by atoms with Crippen LogP contribution in [-0.2, 0) is 14.3 Å². The van der Waals surface area contributed by atoms with Gasteiger partial charge in [0.15, 0.2) is 0 Å². The van der Waals surface area contributed by atoms with Gasteiger partial charge in [0, 0.05) is 33.3 Å². The van der Waals surface area contributed by atoms with Gasteiger partial charge in [-0.25, -0.2) is 0 Å². The van der Waals surface area contributed by atoms with Gasteiger partial charge in [0.05, 0.1) is 17.6 Å². The van der Waals surface area contributed by atoms with Crippen LogP contribution in [0.5, 0.6) is 0 Å². The smallest absolute Gasteiger partial charge is 0.225 e. The van der Waals surface area contributed by atoms with Crippen LogP contribution in [0.3, 0.4) is 0 Å². The first-order valence-corrected chi connectivity index (χ1v) is 6.07. The summed E-state index contributed by atoms with van der Waals surface area (Å²) in [5, 5.41) is 12.8. The molecule has 1 saturated heterocycles. The molecule has 0 aliphatic carbocycles. The first kappa shape index (κ1) is 14.4. The van der Waals surface area contributed by atoms with Crippen molar-refractivity contribution in [3.63, 3.8) is 0 Å². The van der Waals surface area contributed by atoms with Gasteiger partial charge in [0.2, 0.25) is 5.91 Å². The normalized spacial score (nSPS) is 27.8. The lowest BCUT2D eigenvalue weighted by atomic mass is 9.99. The molecule has 1 amide bonds. The molecule has 1 heterocycles. The lowest BCUT2D eigenvalue weighted by molar-refractivity contribution is -0.127. The zero-order chi connectivity index (χ0) is 12.9. The van der Waals surface area contributed by atoms with Crippen molar-refractivity contribution < 1.29 is 19.4 Å². The maximum atomic E-state index is 11.8. The van der Waals surface area contributed by atoms with Gasteiger partial charge in [-0.15, -0.1) is 0 Å². The number of methoxy groups -OCH3 is 1. The molecule has 2 N–H and O–H groups in total. The Morgan fingerprint density at radius 1 is 1.65 bits per heavy atom. The van der Waals surface area contributed by atoms with E-state index in [-0.39, 0.29) is 24.5 Å². The highest BCUT2D eigenvalue weighted by Gasteiger charge is 2.31. The molecule has 1 aliphatic rings. The molecule has 0 spiro atoms. The number of hydrogen-bond donors (Lipinski definition) is 2. The topological polar surface area (TPSA) is 67.8 Å². The maximum Gasteiger partial charge on any atom is 0.225 e. The van der Waals surface area contributed by atoms with Gasteiger partial charge in [-0.2, -0.15) is 0 Å². The Bertz CT molecular complexity index is 255. The van der Waals surface area contributed by atoms with Crippen molar-refractivity contribution in [2.24, 2.45) is 5.92 Å². The van der Waals surface area contributed by atoms with Crippen molar-refractivity contribution in [2.75, 3.05) is 26.9 Å².